The number of piperidine rings is 1. The maximum Gasteiger partial charge on any atom is 0.242 e. The van der Waals surface area contributed by atoms with E-state index in [1.807, 2.05) is 0 Å². The SMILES string of the molecule is Cl.NC1(C(=O)N2CCC(C(=O)NCc3ccc(F)cc3)CC2)CCOCC1. The minimum Gasteiger partial charge on any atom is -0.381 e. The van der Waals surface area contributed by atoms with Crippen molar-refractivity contribution in [2.24, 2.45) is 11.7 Å². The summed E-state index contributed by atoms with van der Waals surface area (Å²) in [5.74, 6) is -0.442. The summed E-state index contributed by atoms with van der Waals surface area (Å²) in [6.45, 7) is 2.51. The first-order chi connectivity index (χ1) is 12.5. The molecule has 6 nitrogen and oxygen atoms in total. The average Bonchev–Trinajstić information content (AvgIpc) is 2.67. The quantitative estimate of drug-likeness (QED) is 0.805. The summed E-state index contributed by atoms with van der Waals surface area (Å²) in [6.07, 6.45) is 2.36. The summed E-state index contributed by atoms with van der Waals surface area (Å²) < 4.78 is 18.2. The highest BCUT2D eigenvalue weighted by Gasteiger charge is 2.40. The van der Waals surface area contributed by atoms with Crippen LogP contribution in [-0.4, -0.2) is 48.6 Å². The number of rotatable bonds is 4. The molecule has 2 aliphatic rings. The molecule has 3 N–H and O–H groups in total. The highest BCUT2D eigenvalue weighted by atomic mass is 35.5. The summed E-state index contributed by atoms with van der Waals surface area (Å²) in [6, 6.07) is 6.08. The van der Waals surface area contributed by atoms with Gasteiger partial charge in [-0.2, -0.15) is 0 Å². The Balaban J connectivity index is 0.00000261. The molecular weight excluding hydrogens is 373 g/mol. The van der Waals surface area contributed by atoms with Crippen molar-refractivity contribution < 1.29 is 18.7 Å². The Morgan fingerprint density at radius 2 is 1.78 bits per heavy atom. The molecule has 2 fully saturated rings. The molecule has 0 atom stereocenters. The molecule has 1 aromatic rings. The van der Waals surface area contributed by atoms with E-state index in [1.54, 1.807) is 17.0 Å². The maximum atomic E-state index is 12.9. The second kappa shape index (κ2) is 9.48. The van der Waals surface area contributed by atoms with E-state index in [2.05, 4.69) is 5.32 Å². The minimum absolute atomic E-state index is 0. The van der Waals surface area contributed by atoms with Crippen LogP contribution in [-0.2, 0) is 20.9 Å². The number of hydrogen-bond donors (Lipinski definition) is 2. The molecule has 0 spiro atoms. The second-order valence-electron chi connectivity index (χ2n) is 7.18. The van der Waals surface area contributed by atoms with Gasteiger partial charge in [-0.1, -0.05) is 12.1 Å². The lowest BCUT2D eigenvalue weighted by molar-refractivity contribution is -0.143. The molecule has 1 aromatic carbocycles. The molecule has 0 saturated carbocycles. The fourth-order valence-corrected chi connectivity index (χ4v) is 3.54. The van der Waals surface area contributed by atoms with E-state index < -0.39 is 5.54 Å². The van der Waals surface area contributed by atoms with Gasteiger partial charge in [0.1, 0.15) is 5.82 Å². The number of halogens is 2. The fourth-order valence-electron chi connectivity index (χ4n) is 3.54. The van der Waals surface area contributed by atoms with Gasteiger partial charge in [0.2, 0.25) is 11.8 Å². The zero-order valence-electron chi connectivity index (χ0n) is 15.3. The van der Waals surface area contributed by atoms with Crippen LogP contribution >= 0.6 is 12.4 Å². The Bertz CT molecular complexity index is 642. The van der Waals surface area contributed by atoms with Gasteiger partial charge < -0.3 is 20.7 Å². The Morgan fingerprint density at radius 1 is 1.19 bits per heavy atom. The van der Waals surface area contributed by atoms with Gasteiger partial charge in [-0.05, 0) is 43.4 Å². The Morgan fingerprint density at radius 3 is 2.37 bits per heavy atom. The van der Waals surface area contributed by atoms with Crippen LogP contribution in [0.4, 0.5) is 4.39 Å². The maximum absolute atomic E-state index is 12.9. The van der Waals surface area contributed by atoms with Crippen molar-refractivity contribution in [1.29, 1.82) is 0 Å². The fraction of sp³-hybridized carbons (Fsp3) is 0.579. The first-order valence-corrected chi connectivity index (χ1v) is 9.16. The Hall–Kier alpha value is -1.70. The van der Waals surface area contributed by atoms with E-state index >= 15 is 0 Å². The van der Waals surface area contributed by atoms with Crippen LogP contribution < -0.4 is 11.1 Å². The number of amides is 2. The number of nitrogens with one attached hydrogen (secondary N) is 1. The summed E-state index contributed by atoms with van der Waals surface area (Å²) in [5.41, 5.74) is 6.31. The molecule has 2 amide bonds. The highest BCUT2D eigenvalue weighted by Crippen LogP contribution is 2.24. The summed E-state index contributed by atoms with van der Waals surface area (Å²) in [4.78, 5) is 26.8. The number of carbonyl (C=O) groups is 2. The molecule has 0 radical (unpaired) electrons. The molecule has 0 aliphatic carbocycles. The van der Waals surface area contributed by atoms with Gasteiger partial charge in [-0.3, -0.25) is 9.59 Å². The third-order valence-corrected chi connectivity index (χ3v) is 5.34. The van der Waals surface area contributed by atoms with Gasteiger partial charge in [0.15, 0.2) is 0 Å². The monoisotopic (exact) mass is 399 g/mol. The molecule has 2 saturated heterocycles. The number of hydrogen-bond acceptors (Lipinski definition) is 4. The normalized spacial score (nSPS) is 19.9. The summed E-state index contributed by atoms with van der Waals surface area (Å²) in [5, 5.41) is 2.90. The lowest BCUT2D eigenvalue weighted by Gasteiger charge is -2.39. The van der Waals surface area contributed by atoms with Crippen LogP contribution in [0.15, 0.2) is 24.3 Å². The van der Waals surface area contributed by atoms with Gasteiger partial charge in [-0.15, -0.1) is 12.4 Å². The number of nitrogens with zero attached hydrogens (tertiary/aromatic N) is 1. The average molecular weight is 400 g/mol. The molecule has 0 unspecified atom stereocenters. The van der Waals surface area contributed by atoms with E-state index in [1.165, 1.54) is 12.1 Å². The molecular formula is C19H27ClFN3O3. The molecule has 2 aliphatic heterocycles. The molecule has 3 rings (SSSR count). The zero-order valence-corrected chi connectivity index (χ0v) is 16.1. The Kier molecular flexibility index (Phi) is 7.59. The van der Waals surface area contributed by atoms with E-state index in [9.17, 15) is 14.0 Å². The van der Waals surface area contributed by atoms with Crippen molar-refractivity contribution in [3.8, 4) is 0 Å². The predicted molar refractivity (Wildman–Crippen MR) is 102 cm³/mol. The third-order valence-electron chi connectivity index (χ3n) is 5.34. The molecule has 2 heterocycles. The third kappa shape index (κ3) is 5.40. The van der Waals surface area contributed by atoms with Crippen LogP contribution in [0.25, 0.3) is 0 Å². The number of likely N-dealkylation sites (tertiary alicyclic amines) is 1. The van der Waals surface area contributed by atoms with E-state index in [0.717, 1.165) is 5.56 Å². The van der Waals surface area contributed by atoms with Crippen molar-refractivity contribution in [2.75, 3.05) is 26.3 Å². The highest BCUT2D eigenvalue weighted by molar-refractivity contribution is 5.87. The van der Waals surface area contributed by atoms with Gasteiger partial charge >= 0.3 is 0 Å². The van der Waals surface area contributed by atoms with E-state index in [0.29, 0.717) is 58.5 Å². The number of carbonyl (C=O) groups excluding carboxylic acids is 2. The van der Waals surface area contributed by atoms with Crippen LogP contribution in [0.3, 0.4) is 0 Å². The number of nitrogens with two attached hydrogens (primary N) is 1. The molecule has 0 aromatic heterocycles. The van der Waals surface area contributed by atoms with Gasteiger partial charge in [0.25, 0.3) is 0 Å². The summed E-state index contributed by atoms with van der Waals surface area (Å²) in [7, 11) is 0. The van der Waals surface area contributed by atoms with Crippen LogP contribution in [0.5, 0.6) is 0 Å². The van der Waals surface area contributed by atoms with Gasteiger partial charge in [0.05, 0.1) is 5.54 Å². The van der Waals surface area contributed by atoms with Gasteiger partial charge in [-0.25, -0.2) is 4.39 Å². The van der Waals surface area contributed by atoms with Gasteiger partial charge in [0, 0.05) is 38.8 Å². The molecule has 27 heavy (non-hydrogen) atoms. The first kappa shape index (κ1) is 21.6. The van der Waals surface area contributed by atoms with E-state index in [-0.39, 0.29) is 36.0 Å². The van der Waals surface area contributed by atoms with Crippen molar-refractivity contribution in [2.45, 2.75) is 37.8 Å². The molecule has 150 valence electrons. The van der Waals surface area contributed by atoms with Crippen molar-refractivity contribution in [1.82, 2.24) is 10.2 Å². The molecule has 8 heteroatoms. The number of ether oxygens (including phenoxy) is 1. The zero-order chi connectivity index (χ0) is 18.6. The predicted octanol–water partition coefficient (Wildman–Crippen LogP) is 1.61. The first-order valence-electron chi connectivity index (χ1n) is 9.16. The topological polar surface area (TPSA) is 84.7 Å². The number of benzene rings is 1. The smallest absolute Gasteiger partial charge is 0.242 e. The van der Waals surface area contributed by atoms with Crippen LogP contribution in [0.1, 0.15) is 31.2 Å². The largest absolute Gasteiger partial charge is 0.381 e. The molecule has 0 bridgehead atoms. The van der Waals surface area contributed by atoms with Crippen molar-refractivity contribution in [3.63, 3.8) is 0 Å². The summed E-state index contributed by atoms with van der Waals surface area (Å²) >= 11 is 0. The second-order valence-corrected chi connectivity index (χ2v) is 7.18. The lowest BCUT2D eigenvalue weighted by atomic mass is 9.87. The standard InChI is InChI=1S/C19H26FN3O3.ClH/c20-16-3-1-14(2-4-16)13-22-17(24)15-5-9-23(10-6-15)18(25)19(21)7-11-26-12-8-19;/h1-4,15H,5-13,21H2,(H,22,24);1H. The minimum atomic E-state index is -0.823. The Labute approximate surface area is 165 Å². The van der Waals surface area contributed by atoms with Crippen molar-refractivity contribution in [3.05, 3.63) is 35.6 Å². The lowest BCUT2D eigenvalue weighted by Crippen LogP contribution is -2.59. The van der Waals surface area contributed by atoms with Crippen LogP contribution in [0, 0.1) is 11.7 Å². The van der Waals surface area contributed by atoms with Crippen molar-refractivity contribution >= 4 is 24.2 Å². The van der Waals surface area contributed by atoms with Crippen LogP contribution in [0.2, 0.25) is 0 Å². The van der Waals surface area contributed by atoms with E-state index in [4.69, 9.17) is 10.5 Å².